The summed E-state index contributed by atoms with van der Waals surface area (Å²) in [5.74, 6) is -0.203. The summed E-state index contributed by atoms with van der Waals surface area (Å²) in [6.45, 7) is 2.38. The fraction of sp³-hybridized carbons (Fsp3) is 0.312. The molecular weight excluding hydrogens is 255 g/mol. The Morgan fingerprint density at radius 1 is 1.25 bits per heavy atom. The van der Waals surface area contributed by atoms with Crippen LogP contribution < -0.4 is 4.90 Å². The molecule has 20 heavy (non-hydrogen) atoms. The molecule has 1 aromatic heterocycles. The molecule has 0 spiro atoms. The van der Waals surface area contributed by atoms with Crippen molar-refractivity contribution < 1.29 is 9.50 Å². The molecule has 4 heteroatoms. The smallest absolute Gasteiger partial charge is 0.128 e. The van der Waals surface area contributed by atoms with Crippen LogP contribution in [-0.4, -0.2) is 17.1 Å². The maximum Gasteiger partial charge on any atom is 0.128 e. The SMILES string of the molecule is CC[C@H](O)c1ccc(N(C)Cc2ccccc2F)cn1. The number of aliphatic hydroxyl groups is 1. The van der Waals surface area contributed by atoms with Gasteiger partial charge in [0.25, 0.3) is 0 Å². The van der Waals surface area contributed by atoms with Crippen molar-refractivity contribution in [3.63, 3.8) is 0 Å². The van der Waals surface area contributed by atoms with E-state index in [0.717, 1.165) is 5.69 Å². The van der Waals surface area contributed by atoms with E-state index in [1.807, 2.05) is 31.0 Å². The summed E-state index contributed by atoms with van der Waals surface area (Å²) < 4.78 is 13.6. The molecule has 0 saturated heterocycles. The van der Waals surface area contributed by atoms with Crippen molar-refractivity contribution in [2.75, 3.05) is 11.9 Å². The molecule has 0 aliphatic rings. The third kappa shape index (κ3) is 3.33. The first-order valence-corrected chi connectivity index (χ1v) is 6.70. The second-order valence-electron chi connectivity index (χ2n) is 4.81. The summed E-state index contributed by atoms with van der Waals surface area (Å²) in [5.41, 5.74) is 2.20. The Hall–Kier alpha value is -1.94. The van der Waals surface area contributed by atoms with Crippen molar-refractivity contribution in [1.82, 2.24) is 4.98 Å². The van der Waals surface area contributed by atoms with Gasteiger partial charge in [-0.15, -0.1) is 0 Å². The minimum absolute atomic E-state index is 0.203. The van der Waals surface area contributed by atoms with Gasteiger partial charge in [0.2, 0.25) is 0 Å². The fourth-order valence-corrected chi connectivity index (χ4v) is 2.00. The van der Waals surface area contributed by atoms with Crippen LogP contribution in [0.2, 0.25) is 0 Å². The number of hydrogen-bond donors (Lipinski definition) is 1. The van der Waals surface area contributed by atoms with E-state index in [9.17, 15) is 9.50 Å². The lowest BCUT2D eigenvalue weighted by atomic mass is 10.1. The van der Waals surface area contributed by atoms with Crippen molar-refractivity contribution in [3.05, 3.63) is 59.7 Å². The normalized spacial score (nSPS) is 12.2. The molecule has 1 heterocycles. The highest BCUT2D eigenvalue weighted by atomic mass is 19.1. The van der Waals surface area contributed by atoms with Gasteiger partial charge in [-0.1, -0.05) is 25.1 Å². The number of hydrogen-bond acceptors (Lipinski definition) is 3. The maximum absolute atomic E-state index is 13.6. The first kappa shape index (κ1) is 14.5. The molecule has 3 nitrogen and oxygen atoms in total. The molecule has 0 unspecified atom stereocenters. The zero-order valence-electron chi connectivity index (χ0n) is 11.8. The lowest BCUT2D eigenvalue weighted by molar-refractivity contribution is 0.169. The van der Waals surface area contributed by atoms with Crippen LogP contribution in [0.5, 0.6) is 0 Å². The van der Waals surface area contributed by atoms with Crippen molar-refractivity contribution in [1.29, 1.82) is 0 Å². The molecule has 106 valence electrons. The molecule has 0 aliphatic heterocycles. The van der Waals surface area contributed by atoms with Gasteiger partial charge in [-0.25, -0.2) is 4.39 Å². The number of benzene rings is 1. The van der Waals surface area contributed by atoms with Gasteiger partial charge in [-0.2, -0.15) is 0 Å². The summed E-state index contributed by atoms with van der Waals surface area (Å²) in [6, 6.07) is 10.4. The average molecular weight is 274 g/mol. The number of aliphatic hydroxyl groups excluding tert-OH is 1. The Labute approximate surface area is 118 Å². The van der Waals surface area contributed by atoms with Gasteiger partial charge in [0.1, 0.15) is 5.82 Å². The molecule has 0 fully saturated rings. The van der Waals surface area contributed by atoms with Crippen LogP contribution in [0.15, 0.2) is 42.6 Å². The quantitative estimate of drug-likeness (QED) is 0.908. The highest BCUT2D eigenvalue weighted by molar-refractivity contribution is 5.44. The minimum Gasteiger partial charge on any atom is -0.387 e. The summed E-state index contributed by atoms with van der Waals surface area (Å²) >= 11 is 0. The zero-order chi connectivity index (χ0) is 14.5. The molecule has 2 rings (SSSR count). The van der Waals surface area contributed by atoms with Gasteiger partial charge in [0.05, 0.1) is 23.7 Å². The van der Waals surface area contributed by atoms with Crippen LogP contribution in [0.1, 0.15) is 30.7 Å². The number of anilines is 1. The van der Waals surface area contributed by atoms with E-state index in [2.05, 4.69) is 4.98 Å². The van der Waals surface area contributed by atoms with Crippen LogP contribution in [0.25, 0.3) is 0 Å². The van der Waals surface area contributed by atoms with Crippen LogP contribution >= 0.6 is 0 Å². The Morgan fingerprint density at radius 2 is 2.00 bits per heavy atom. The van der Waals surface area contributed by atoms with E-state index < -0.39 is 6.10 Å². The van der Waals surface area contributed by atoms with Crippen LogP contribution in [0.4, 0.5) is 10.1 Å². The van der Waals surface area contributed by atoms with E-state index in [4.69, 9.17) is 0 Å². The van der Waals surface area contributed by atoms with E-state index in [1.165, 1.54) is 6.07 Å². The Kier molecular flexibility index (Phi) is 4.69. The van der Waals surface area contributed by atoms with E-state index >= 15 is 0 Å². The number of nitrogens with zero attached hydrogens (tertiary/aromatic N) is 2. The Bertz CT molecular complexity index is 557. The highest BCUT2D eigenvalue weighted by Gasteiger charge is 2.09. The van der Waals surface area contributed by atoms with E-state index in [1.54, 1.807) is 24.4 Å². The summed E-state index contributed by atoms with van der Waals surface area (Å²) in [4.78, 5) is 6.17. The van der Waals surface area contributed by atoms with Crippen LogP contribution in [-0.2, 0) is 6.54 Å². The van der Waals surface area contributed by atoms with Crippen LogP contribution in [0.3, 0.4) is 0 Å². The average Bonchev–Trinajstić information content (AvgIpc) is 2.49. The molecule has 0 saturated carbocycles. The molecule has 1 aromatic carbocycles. The third-order valence-electron chi connectivity index (χ3n) is 3.30. The first-order chi connectivity index (χ1) is 9.61. The van der Waals surface area contributed by atoms with Crippen molar-refractivity contribution >= 4 is 5.69 Å². The summed E-state index contributed by atoms with van der Waals surface area (Å²) in [6.07, 6.45) is 1.81. The summed E-state index contributed by atoms with van der Waals surface area (Å²) in [7, 11) is 1.89. The van der Waals surface area contributed by atoms with E-state index in [-0.39, 0.29) is 5.82 Å². The second-order valence-corrected chi connectivity index (χ2v) is 4.81. The molecule has 2 aromatic rings. The molecule has 1 atom stereocenters. The fourth-order valence-electron chi connectivity index (χ4n) is 2.00. The van der Waals surface area contributed by atoms with E-state index in [0.29, 0.717) is 24.2 Å². The predicted octanol–water partition coefficient (Wildman–Crippen LogP) is 3.30. The van der Waals surface area contributed by atoms with Crippen LogP contribution in [0, 0.1) is 5.82 Å². The molecule has 0 radical (unpaired) electrons. The minimum atomic E-state index is -0.527. The number of rotatable bonds is 5. The molecule has 0 amide bonds. The highest BCUT2D eigenvalue weighted by Crippen LogP contribution is 2.19. The summed E-state index contributed by atoms with van der Waals surface area (Å²) in [5, 5.41) is 9.70. The van der Waals surface area contributed by atoms with Gasteiger partial charge in [-0.05, 0) is 24.6 Å². The molecular formula is C16H19FN2O. The number of pyridine rings is 1. The molecule has 0 aliphatic carbocycles. The first-order valence-electron chi connectivity index (χ1n) is 6.70. The topological polar surface area (TPSA) is 36.4 Å². The third-order valence-corrected chi connectivity index (χ3v) is 3.30. The van der Waals surface area contributed by atoms with Crippen molar-refractivity contribution in [3.8, 4) is 0 Å². The van der Waals surface area contributed by atoms with Gasteiger partial charge < -0.3 is 10.0 Å². The van der Waals surface area contributed by atoms with Gasteiger partial charge in [-0.3, -0.25) is 4.98 Å². The molecule has 1 N–H and O–H groups in total. The second kappa shape index (κ2) is 6.48. The Balaban J connectivity index is 2.10. The van der Waals surface area contributed by atoms with Crippen molar-refractivity contribution in [2.24, 2.45) is 0 Å². The standard InChI is InChI=1S/C16H19FN2O/c1-3-16(20)15-9-8-13(10-18-15)19(2)11-12-6-4-5-7-14(12)17/h4-10,16,20H,3,11H2,1-2H3/t16-/m0/s1. The maximum atomic E-state index is 13.6. The molecule has 0 bridgehead atoms. The lowest BCUT2D eigenvalue weighted by Gasteiger charge is -2.20. The lowest BCUT2D eigenvalue weighted by Crippen LogP contribution is -2.17. The van der Waals surface area contributed by atoms with Gasteiger partial charge in [0.15, 0.2) is 0 Å². The Morgan fingerprint density at radius 3 is 2.60 bits per heavy atom. The van der Waals surface area contributed by atoms with Crippen molar-refractivity contribution in [2.45, 2.75) is 26.0 Å². The zero-order valence-corrected chi connectivity index (χ0v) is 11.8. The predicted molar refractivity (Wildman–Crippen MR) is 78.0 cm³/mol. The largest absolute Gasteiger partial charge is 0.387 e. The van der Waals surface area contributed by atoms with Gasteiger partial charge in [0, 0.05) is 19.2 Å². The number of aromatic nitrogens is 1. The van der Waals surface area contributed by atoms with Gasteiger partial charge >= 0.3 is 0 Å². The number of halogens is 1. The monoisotopic (exact) mass is 274 g/mol.